The van der Waals surface area contributed by atoms with Gasteiger partial charge in [-0.15, -0.1) is 0 Å². The minimum Gasteiger partial charge on any atom is -0.354 e. The van der Waals surface area contributed by atoms with E-state index in [1.807, 2.05) is 0 Å². The fraction of sp³-hybridized carbons (Fsp3) is 0.176. The second-order valence-electron chi connectivity index (χ2n) is 4.72. The fourth-order valence-electron chi connectivity index (χ4n) is 2.78. The molecule has 0 bridgehead atoms. The van der Waals surface area contributed by atoms with Gasteiger partial charge in [-0.1, -0.05) is 48.5 Å². The molecule has 90 valence electrons. The summed E-state index contributed by atoms with van der Waals surface area (Å²) in [6.07, 6.45) is 4.51. The molecule has 0 radical (unpaired) electrons. The highest BCUT2D eigenvalue weighted by molar-refractivity contribution is 5.83. The monoisotopic (exact) mass is 236 g/mol. The largest absolute Gasteiger partial charge is 0.354 e. The van der Waals surface area contributed by atoms with Gasteiger partial charge in [0.05, 0.1) is 6.54 Å². The average molecular weight is 236 g/mol. The van der Waals surface area contributed by atoms with Gasteiger partial charge in [-0.05, 0) is 46.7 Å². The van der Waals surface area contributed by atoms with Crippen molar-refractivity contribution in [2.45, 2.75) is 12.8 Å². The number of aryl methyl sites for hydroxylation is 2. The van der Waals surface area contributed by atoms with Gasteiger partial charge in [0.1, 0.15) is 0 Å². The third kappa shape index (κ3) is 1.87. The molecule has 0 spiro atoms. The van der Waals surface area contributed by atoms with E-state index in [2.05, 4.69) is 60.3 Å². The highest BCUT2D eigenvalue weighted by Crippen LogP contribution is 2.32. The van der Waals surface area contributed by atoms with Crippen LogP contribution >= 0.6 is 0 Å². The topological polar surface area (TPSA) is 27.6 Å². The number of hydrogen-bond donors (Lipinski definition) is 1. The number of hydrogen-bond acceptors (Lipinski definition) is 0. The maximum Gasteiger partial charge on any atom is 0.0936 e. The van der Waals surface area contributed by atoms with Gasteiger partial charge in [0.15, 0.2) is 0 Å². The normalized spacial score (nSPS) is 13.5. The first-order valence-electron chi connectivity index (χ1n) is 6.56. The Hall–Kier alpha value is -1.86. The van der Waals surface area contributed by atoms with E-state index >= 15 is 0 Å². The Morgan fingerprint density at radius 1 is 0.833 bits per heavy atom. The van der Waals surface area contributed by atoms with Crippen molar-refractivity contribution < 1.29 is 5.73 Å². The Morgan fingerprint density at radius 2 is 1.33 bits per heavy atom. The molecule has 2 aromatic rings. The second-order valence-corrected chi connectivity index (χ2v) is 4.72. The van der Waals surface area contributed by atoms with Crippen molar-refractivity contribution in [3.05, 3.63) is 76.9 Å². The van der Waals surface area contributed by atoms with Gasteiger partial charge in [-0.2, -0.15) is 0 Å². The van der Waals surface area contributed by atoms with Crippen molar-refractivity contribution in [2.75, 3.05) is 6.54 Å². The third-order valence-corrected chi connectivity index (χ3v) is 3.63. The number of quaternary nitrogens is 1. The van der Waals surface area contributed by atoms with Crippen molar-refractivity contribution in [3.63, 3.8) is 0 Å². The minimum absolute atomic E-state index is 0.831. The molecular weight excluding hydrogens is 218 g/mol. The van der Waals surface area contributed by atoms with Gasteiger partial charge in [0.25, 0.3) is 0 Å². The van der Waals surface area contributed by atoms with Crippen LogP contribution in [0.1, 0.15) is 22.3 Å². The predicted molar refractivity (Wildman–Crippen MR) is 75.1 cm³/mol. The first-order valence-corrected chi connectivity index (χ1v) is 6.56. The summed E-state index contributed by atoms with van der Waals surface area (Å²) in [6.45, 7) is 0.831. The van der Waals surface area contributed by atoms with E-state index in [0.29, 0.717) is 0 Å². The molecule has 0 unspecified atom stereocenters. The van der Waals surface area contributed by atoms with Crippen LogP contribution in [0.25, 0.3) is 5.57 Å². The van der Waals surface area contributed by atoms with Gasteiger partial charge in [0.2, 0.25) is 0 Å². The molecule has 18 heavy (non-hydrogen) atoms. The molecule has 2 aromatic carbocycles. The van der Waals surface area contributed by atoms with Gasteiger partial charge < -0.3 is 5.73 Å². The van der Waals surface area contributed by atoms with Crippen LogP contribution in [0.4, 0.5) is 0 Å². The van der Waals surface area contributed by atoms with Crippen molar-refractivity contribution in [2.24, 2.45) is 0 Å². The molecule has 0 atom stereocenters. The van der Waals surface area contributed by atoms with E-state index in [9.17, 15) is 0 Å². The van der Waals surface area contributed by atoms with Crippen molar-refractivity contribution in [3.8, 4) is 0 Å². The Bertz CT molecular complexity index is 547. The molecule has 1 nitrogen and oxygen atoms in total. The van der Waals surface area contributed by atoms with Crippen LogP contribution in [0, 0.1) is 0 Å². The standard InChI is InChI=1S/C17H17N/c18-12-11-17-15-7-3-1-5-13(15)9-10-14-6-2-4-8-16(14)17/h1-8,11H,9-10,12,18H2/p+1. The zero-order chi connectivity index (χ0) is 12.4. The van der Waals surface area contributed by atoms with E-state index in [0.717, 1.165) is 19.4 Å². The van der Waals surface area contributed by atoms with Crippen LogP contribution in [-0.2, 0) is 12.8 Å². The highest BCUT2D eigenvalue weighted by atomic mass is 14.5. The molecule has 0 aliphatic heterocycles. The molecule has 0 aromatic heterocycles. The highest BCUT2D eigenvalue weighted by Gasteiger charge is 2.16. The van der Waals surface area contributed by atoms with Crippen molar-refractivity contribution in [1.82, 2.24) is 0 Å². The molecular formula is C17H18N+. The molecule has 0 heterocycles. The zero-order valence-electron chi connectivity index (χ0n) is 10.5. The first-order chi connectivity index (χ1) is 8.90. The zero-order valence-corrected chi connectivity index (χ0v) is 10.5. The van der Waals surface area contributed by atoms with Crippen LogP contribution in [0.15, 0.2) is 54.6 Å². The lowest BCUT2D eigenvalue weighted by Gasteiger charge is -2.10. The lowest BCUT2D eigenvalue weighted by molar-refractivity contribution is -0.352. The Kier molecular flexibility index (Phi) is 2.99. The molecule has 3 rings (SSSR count). The van der Waals surface area contributed by atoms with Crippen LogP contribution < -0.4 is 5.73 Å². The SMILES string of the molecule is [NH3+]CC=C1c2ccccc2CCc2ccccc21. The van der Waals surface area contributed by atoms with Crippen LogP contribution in [0.2, 0.25) is 0 Å². The van der Waals surface area contributed by atoms with Gasteiger partial charge in [-0.3, -0.25) is 0 Å². The lowest BCUT2D eigenvalue weighted by atomic mass is 9.94. The maximum absolute atomic E-state index is 3.98. The van der Waals surface area contributed by atoms with Gasteiger partial charge in [-0.25, -0.2) is 0 Å². The molecule has 1 heteroatoms. The molecule has 1 aliphatic carbocycles. The molecule has 0 amide bonds. The fourth-order valence-corrected chi connectivity index (χ4v) is 2.78. The quantitative estimate of drug-likeness (QED) is 0.788. The first kappa shape index (κ1) is 11.2. The van der Waals surface area contributed by atoms with E-state index in [4.69, 9.17) is 0 Å². The summed E-state index contributed by atoms with van der Waals surface area (Å²) in [4.78, 5) is 0. The third-order valence-electron chi connectivity index (χ3n) is 3.63. The van der Waals surface area contributed by atoms with Crippen LogP contribution in [0.3, 0.4) is 0 Å². The Labute approximate surface area is 108 Å². The summed E-state index contributed by atoms with van der Waals surface area (Å²) in [7, 11) is 0. The molecule has 1 aliphatic rings. The average Bonchev–Trinajstić information content (AvgIpc) is 2.58. The van der Waals surface area contributed by atoms with Crippen LogP contribution in [0.5, 0.6) is 0 Å². The molecule has 3 N–H and O–H groups in total. The Balaban J connectivity index is 2.25. The van der Waals surface area contributed by atoms with Crippen molar-refractivity contribution in [1.29, 1.82) is 0 Å². The van der Waals surface area contributed by atoms with E-state index in [1.54, 1.807) is 0 Å². The summed E-state index contributed by atoms with van der Waals surface area (Å²) < 4.78 is 0. The summed E-state index contributed by atoms with van der Waals surface area (Å²) in [5.41, 5.74) is 11.0. The van der Waals surface area contributed by atoms with Gasteiger partial charge >= 0.3 is 0 Å². The second kappa shape index (κ2) is 4.79. The van der Waals surface area contributed by atoms with Crippen LogP contribution in [-0.4, -0.2) is 6.54 Å². The number of benzene rings is 2. The summed E-state index contributed by atoms with van der Waals surface area (Å²) in [6, 6.07) is 17.5. The predicted octanol–water partition coefficient (Wildman–Crippen LogP) is 2.46. The number of fused-ring (bicyclic) bond motifs is 2. The molecule has 0 fully saturated rings. The van der Waals surface area contributed by atoms with E-state index in [-0.39, 0.29) is 0 Å². The summed E-state index contributed by atoms with van der Waals surface area (Å²) in [5, 5.41) is 0. The van der Waals surface area contributed by atoms with E-state index < -0.39 is 0 Å². The number of rotatable bonds is 1. The summed E-state index contributed by atoms with van der Waals surface area (Å²) >= 11 is 0. The smallest absolute Gasteiger partial charge is 0.0936 e. The summed E-state index contributed by atoms with van der Waals surface area (Å²) in [5.74, 6) is 0. The minimum atomic E-state index is 0.831. The van der Waals surface area contributed by atoms with Crippen molar-refractivity contribution >= 4 is 5.57 Å². The molecule has 0 saturated heterocycles. The Morgan fingerprint density at radius 3 is 1.83 bits per heavy atom. The maximum atomic E-state index is 3.98. The van der Waals surface area contributed by atoms with E-state index in [1.165, 1.54) is 27.8 Å². The lowest BCUT2D eigenvalue weighted by Crippen LogP contribution is -2.49. The van der Waals surface area contributed by atoms with Gasteiger partial charge in [0, 0.05) is 0 Å². The molecule has 0 saturated carbocycles.